The summed E-state index contributed by atoms with van der Waals surface area (Å²) in [6.07, 6.45) is 4.09. The summed E-state index contributed by atoms with van der Waals surface area (Å²) in [7, 11) is 0. The van der Waals surface area contributed by atoms with Crippen LogP contribution < -0.4 is 5.32 Å². The number of carbonyl (C=O) groups excluding carboxylic acids is 1. The molecule has 0 atom stereocenters. The summed E-state index contributed by atoms with van der Waals surface area (Å²) < 4.78 is 0. The number of carboxylic acids is 1. The van der Waals surface area contributed by atoms with E-state index < -0.39 is 5.97 Å². The van der Waals surface area contributed by atoms with Gasteiger partial charge in [-0.05, 0) is 19.3 Å². The molecule has 2 rings (SSSR count). The molecule has 6 heteroatoms. The van der Waals surface area contributed by atoms with Crippen LogP contribution in [0.4, 0.5) is 0 Å². The van der Waals surface area contributed by atoms with Crippen molar-refractivity contribution in [1.29, 1.82) is 0 Å². The van der Waals surface area contributed by atoms with Crippen molar-refractivity contribution in [2.24, 2.45) is 0 Å². The maximum atomic E-state index is 11.3. The summed E-state index contributed by atoms with van der Waals surface area (Å²) in [5, 5.41) is 12.2. The monoisotopic (exact) mass is 268 g/mol. The number of fused-ring (bicyclic) bond motifs is 1. The Bertz CT molecular complexity index is 435. The molecule has 1 heterocycles. The smallest absolute Gasteiger partial charge is 0.303 e. The van der Waals surface area contributed by atoms with Crippen molar-refractivity contribution in [3.63, 3.8) is 0 Å². The van der Waals surface area contributed by atoms with Crippen LogP contribution in [-0.2, 0) is 28.9 Å². The summed E-state index contributed by atoms with van der Waals surface area (Å²) in [5.41, 5.74) is 1.23. The molecule has 0 saturated carbocycles. The molecule has 2 N–H and O–H groups in total. The van der Waals surface area contributed by atoms with Gasteiger partial charge in [0.15, 0.2) is 0 Å². The second kappa shape index (κ2) is 5.95. The molecule has 18 heavy (non-hydrogen) atoms. The van der Waals surface area contributed by atoms with Crippen LogP contribution in [0.15, 0.2) is 0 Å². The summed E-state index contributed by atoms with van der Waals surface area (Å²) >= 11 is 1.74. The quantitative estimate of drug-likeness (QED) is 0.811. The van der Waals surface area contributed by atoms with E-state index in [4.69, 9.17) is 5.11 Å². The standard InChI is InChI=1S/C12H16N2O3S/c15-10(4-5-12(16)17)13-7-6-11-14-8-2-1-3-9(8)18-11/h1-7H2,(H,13,15)(H,16,17). The highest BCUT2D eigenvalue weighted by Gasteiger charge is 2.16. The van der Waals surface area contributed by atoms with E-state index in [1.807, 2.05) is 0 Å². The van der Waals surface area contributed by atoms with E-state index in [0.29, 0.717) is 6.54 Å². The summed E-state index contributed by atoms with van der Waals surface area (Å²) in [5.74, 6) is -1.15. The number of carboxylic acid groups (broad SMARTS) is 1. The highest BCUT2D eigenvalue weighted by molar-refractivity contribution is 7.11. The molecule has 0 unspecified atom stereocenters. The Balaban J connectivity index is 1.68. The molecule has 0 fully saturated rings. The second-order valence-corrected chi connectivity index (χ2v) is 5.49. The lowest BCUT2D eigenvalue weighted by molar-refractivity contribution is -0.138. The molecule has 0 aromatic carbocycles. The molecule has 1 amide bonds. The third kappa shape index (κ3) is 3.53. The minimum atomic E-state index is -0.943. The molecule has 0 aliphatic heterocycles. The van der Waals surface area contributed by atoms with Crippen molar-refractivity contribution in [2.75, 3.05) is 6.54 Å². The lowest BCUT2D eigenvalue weighted by atomic mass is 10.3. The van der Waals surface area contributed by atoms with Gasteiger partial charge in [0.05, 0.1) is 17.1 Å². The van der Waals surface area contributed by atoms with Crippen molar-refractivity contribution in [1.82, 2.24) is 10.3 Å². The fourth-order valence-electron chi connectivity index (χ4n) is 1.97. The second-order valence-electron chi connectivity index (χ2n) is 4.32. The number of carbonyl (C=O) groups is 2. The fourth-order valence-corrected chi connectivity index (χ4v) is 3.12. The van der Waals surface area contributed by atoms with Crippen molar-refractivity contribution in [2.45, 2.75) is 38.5 Å². The Morgan fingerprint density at radius 3 is 2.89 bits per heavy atom. The first-order chi connectivity index (χ1) is 8.65. The fraction of sp³-hybridized carbons (Fsp3) is 0.583. The molecular weight excluding hydrogens is 252 g/mol. The van der Waals surface area contributed by atoms with Crippen LogP contribution in [0.1, 0.15) is 34.8 Å². The van der Waals surface area contributed by atoms with Crippen LogP contribution in [0.5, 0.6) is 0 Å². The molecule has 1 aliphatic rings. The first-order valence-electron chi connectivity index (χ1n) is 6.11. The zero-order valence-electron chi connectivity index (χ0n) is 10.1. The minimum Gasteiger partial charge on any atom is -0.481 e. The number of hydrogen-bond acceptors (Lipinski definition) is 4. The van der Waals surface area contributed by atoms with Gasteiger partial charge in [0.2, 0.25) is 5.91 Å². The predicted octanol–water partition coefficient (Wildman–Crippen LogP) is 1.16. The summed E-state index contributed by atoms with van der Waals surface area (Å²) in [4.78, 5) is 27.5. The van der Waals surface area contributed by atoms with E-state index in [2.05, 4.69) is 10.3 Å². The zero-order valence-corrected chi connectivity index (χ0v) is 10.9. The largest absolute Gasteiger partial charge is 0.481 e. The number of aliphatic carboxylic acids is 1. The van der Waals surface area contributed by atoms with Gasteiger partial charge >= 0.3 is 5.97 Å². The van der Waals surface area contributed by atoms with Crippen molar-refractivity contribution in [3.05, 3.63) is 15.6 Å². The van der Waals surface area contributed by atoms with Gasteiger partial charge in [0.25, 0.3) is 0 Å². The average Bonchev–Trinajstić information content (AvgIpc) is 2.86. The number of aryl methyl sites for hydroxylation is 2. The minimum absolute atomic E-state index is 0.0453. The average molecular weight is 268 g/mol. The number of aromatic nitrogens is 1. The first-order valence-corrected chi connectivity index (χ1v) is 6.93. The molecule has 1 aromatic heterocycles. The molecule has 98 valence electrons. The number of hydrogen-bond donors (Lipinski definition) is 2. The highest BCUT2D eigenvalue weighted by Crippen LogP contribution is 2.27. The normalized spacial score (nSPS) is 13.3. The van der Waals surface area contributed by atoms with Crippen LogP contribution >= 0.6 is 11.3 Å². The molecule has 0 saturated heterocycles. The molecule has 1 aliphatic carbocycles. The maximum Gasteiger partial charge on any atom is 0.303 e. The molecule has 0 radical (unpaired) electrons. The summed E-state index contributed by atoms with van der Waals surface area (Å²) in [6.45, 7) is 0.533. The van der Waals surface area contributed by atoms with Crippen LogP contribution in [0.25, 0.3) is 0 Å². The van der Waals surface area contributed by atoms with Gasteiger partial charge in [0.1, 0.15) is 0 Å². The Morgan fingerprint density at radius 1 is 1.33 bits per heavy atom. The molecule has 0 bridgehead atoms. The van der Waals surface area contributed by atoms with E-state index in [-0.39, 0.29) is 18.7 Å². The Hall–Kier alpha value is -1.43. The van der Waals surface area contributed by atoms with Gasteiger partial charge in [-0.15, -0.1) is 11.3 Å². The van der Waals surface area contributed by atoms with Gasteiger partial charge in [-0.3, -0.25) is 9.59 Å². The molecular formula is C12H16N2O3S. The molecule has 1 aromatic rings. The van der Waals surface area contributed by atoms with E-state index in [1.54, 1.807) is 11.3 Å². The lowest BCUT2D eigenvalue weighted by Crippen LogP contribution is -2.26. The lowest BCUT2D eigenvalue weighted by Gasteiger charge is -2.02. The first kappa shape index (κ1) is 13.0. The zero-order chi connectivity index (χ0) is 13.0. The van der Waals surface area contributed by atoms with E-state index in [0.717, 1.165) is 24.3 Å². The Morgan fingerprint density at radius 2 is 2.17 bits per heavy atom. The van der Waals surface area contributed by atoms with Crippen molar-refractivity contribution < 1.29 is 14.7 Å². The van der Waals surface area contributed by atoms with E-state index in [1.165, 1.54) is 17.0 Å². The van der Waals surface area contributed by atoms with Gasteiger partial charge < -0.3 is 10.4 Å². The Kier molecular flexibility index (Phi) is 4.30. The van der Waals surface area contributed by atoms with Crippen molar-refractivity contribution in [3.8, 4) is 0 Å². The SMILES string of the molecule is O=C(O)CCC(=O)NCCc1nc2c(s1)CCC2. The maximum absolute atomic E-state index is 11.3. The number of nitrogens with zero attached hydrogens (tertiary/aromatic N) is 1. The van der Waals surface area contributed by atoms with Crippen LogP contribution in [0, 0.1) is 0 Å². The van der Waals surface area contributed by atoms with Gasteiger partial charge in [0, 0.05) is 24.3 Å². The third-order valence-electron chi connectivity index (χ3n) is 2.87. The van der Waals surface area contributed by atoms with Crippen LogP contribution in [-0.4, -0.2) is 28.5 Å². The summed E-state index contributed by atoms with van der Waals surface area (Å²) in [6, 6.07) is 0. The predicted molar refractivity (Wildman–Crippen MR) is 67.7 cm³/mol. The molecule has 5 nitrogen and oxygen atoms in total. The number of thiazole rings is 1. The number of amides is 1. The third-order valence-corrected chi connectivity index (χ3v) is 4.08. The topological polar surface area (TPSA) is 79.3 Å². The molecule has 0 spiro atoms. The Labute approximate surface area is 109 Å². The number of nitrogens with one attached hydrogen (secondary N) is 1. The van der Waals surface area contributed by atoms with Gasteiger partial charge in [-0.2, -0.15) is 0 Å². The van der Waals surface area contributed by atoms with E-state index >= 15 is 0 Å². The van der Waals surface area contributed by atoms with Gasteiger partial charge in [-0.25, -0.2) is 4.98 Å². The number of rotatable bonds is 6. The van der Waals surface area contributed by atoms with E-state index in [9.17, 15) is 9.59 Å². The van der Waals surface area contributed by atoms with Crippen LogP contribution in [0.3, 0.4) is 0 Å². The van der Waals surface area contributed by atoms with Crippen LogP contribution in [0.2, 0.25) is 0 Å². The highest BCUT2D eigenvalue weighted by atomic mass is 32.1. The van der Waals surface area contributed by atoms with Crippen molar-refractivity contribution >= 4 is 23.2 Å². The van der Waals surface area contributed by atoms with Gasteiger partial charge in [-0.1, -0.05) is 0 Å².